The van der Waals surface area contributed by atoms with Gasteiger partial charge in [0.05, 0.1) is 23.5 Å². The third kappa shape index (κ3) is 5.86. The van der Waals surface area contributed by atoms with Gasteiger partial charge in [-0.15, -0.1) is 0 Å². The molecule has 1 aromatic rings. The van der Waals surface area contributed by atoms with Crippen LogP contribution in [0.15, 0.2) is 29.4 Å². The number of fused-ring (bicyclic) bond motifs is 1. The summed E-state index contributed by atoms with van der Waals surface area (Å²) >= 11 is 0. The lowest BCUT2D eigenvalue weighted by Gasteiger charge is -2.41. The van der Waals surface area contributed by atoms with Crippen LogP contribution < -0.4 is 20.9 Å². The fourth-order valence-electron chi connectivity index (χ4n) is 5.15. The van der Waals surface area contributed by atoms with Gasteiger partial charge in [0, 0.05) is 44.3 Å². The quantitative estimate of drug-likeness (QED) is 0.603. The molecule has 1 aliphatic carbocycles. The molecule has 2 amide bonds. The van der Waals surface area contributed by atoms with Crippen molar-refractivity contribution in [3.63, 3.8) is 0 Å². The van der Waals surface area contributed by atoms with E-state index in [0.29, 0.717) is 16.9 Å². The third-order valence-corrected chi connectivity index (χ3v) is 7.15. The highest BCUT2D eigenvalue weighted by Crippen LogP contribution is 2.39. The Kier molecular flexibility index (Phi) is 7.92. The Morgan fingerprint density at radius 3 is 2.50 bits per heavy atom. The second-order valence-corrected chi connectivity index (χ2v) is 9.87. The van der Waals surface area contributed by atoms with Crippen molar-refractivity contribution in [1.29, 1.82) is 0 Å². The molecule has 3 aliphatic rings. The Morgan fingerprint density at radius 1 is 1.17 bits per heavy atom. The van der Waals surface area contributed by atoms with Crippen molar-refractivity contribution in [3.05, 3.63) is 30.0 Å². The minimum Gasteiger partial charge on any atom is -0.446 e. The molecule has 2 fully saturated rings. The summed E-state index contributed by atoms with van der Waals surface area (Å²) in [5, 5.41) is 3.32. The van der Waals surface area contributed by atoms with Gasteiger partial charge in [0.1, 0.15) is 6.10 Å². The first-order chi connectivity index (χ1) is 17.2. The predicted octanol–water partition coefficient (Wildman–Crippen LogP) is 4.08. The van der Waals surface area contributed by atoms with Crippen molar-refractivity contribution in [2.24, 2.45) is 10.7 Å². The Balaban J connectivity index is 1.60. The summed E-state index contributed by atoms with van der Waals surface area (Å²) in [6.45, 7) is 5.43. The average molecular weight is 504 g/mol. The number of hydrogen-bond acceptors (Lipinski definition) is 6. The number of halogens is 2. The largest absolute Gasteiger partial charge is 0.446 e. The summed E-state index contributed by atoms with van der Waals surface area (Å²) < 4.78 is 32.8. The van der Waals surface area contributed by atoms with Crippen LogP contribution in [0.4, 0.5) is 25.0 Å². The maximum atomic E-state index is 13.6. The molecule has 0 radical (unpaired) electrons. The van der Waals surface area contributed by atoms with Gasteiger partial charge in [-0.2, -0.15) is 0 Å². The number of piperidine rings is 1. The van der Waals surface area contributed by atoms with E-state index in [9.17, 15) is 18.4 Å². The number of nitrogens with one attached hydrogen (secondary N) is 1. The van der Waals surface area contributed by atoms with Crippen LogP contribution in [0.5, 0.6) is 0 Å². The lowest BCUT2D eigenvalue weighted by atomic mass is 9.94. The van der Waals surface area contributed by atoms with E-state index in [2.05, 4.69) is 5.32 Å². The number of nitrogens with zero attached hydrogens (tertiary/aromatic N) is 3. The molecular weight excluding hydrogens is 468 g/mol. The Hall–Kier alpha value is -3.01. The summed E-state index contributed by atoms with van der Waals surface area (Å²) in [5.74, 6) is -2.84. The number of rotatable bonds is 4. The topological polar surface area (TPSA) is 100 Å². The van der Waals surface area contributed by atoms with Crippen molar-refractivity contribution >= 4 is 35.2 Å². The van der Waals surface area contributed by atoms with Crippen LogP contribution in [0.1, 0.15) is 57.9 Å². The molecule has 8 nitrogen and oxygen atoms in total. The van der Waals surface area contributed by atoms with Gasteiger partial charge in [-0.25, -0.2) is 13.6 Å². The minimum absolute atomic E-state index is 0.127. The molecule has 0 unspecified atom stereocenters. The number of carbonyl (C=O) groups is 2. The van der Waals surface area contributed by atoms with Crippen LogP contribution in [-0.2, 0) is 9.53 Å². The lowest BCUT2D eigenvalue weighted by molar-refractivity contribution is -0.117. The molecule has 0 spiro atoms. The van der Waals surface area contributed by atoms with Crippen LogP contribution in [0, 0.1) is 0 Å². The van der Waals surface area contributed by atoms with Crippen LogP contribution in [-0.4, -0.2) is 62.0 Å². The van der Waals surface area contributed by atoms with Gasteiger partial charge in [0.2, 0.25) is 11.8 Å². The van der Waals surface area contributed by atoms with E-state index < -0.39 is 18.1 Å². The second-order valence-electron chi connectivity index (χ2n) is 9.87. The smallest absolute Gasteiger partial charge is 0.414 e. The number of anilines is 2. The van der Waals surface area contributed by atoms with Gasteiger partial charge in [0.15, 0.2) is 0 Å². The normalized spacial score (nSPS) is 23.6. The summed E-state index contributed by atoms with van der Waals surface area (Å²) in [4.78, 5) is 33.5. The van der Waals surface area contributed by atoms with Crippen molar-refractivity contribution < 1.29 is 23.1 Å². The fraction of sp³-hybridized carbons (Fsp3) is 0.577. The van der Waals surface area contributed by atoms with Crippen LogP contribution >= 0.6 is 0 Å². The molecule has 2 heterocycles. The van der Waals surface area contributed by atoms with Crippen molar-refractivity contribution in [2.45, 2.75) is 76.5 Å². The van der Waals surface area contributed by atoms with E-state index in [1.165, 1.54) is 18.0 Å². The first-order valence-electron chi connectivity index (χ1n) is 12.6. The van der Waals surface area contributed by atoms with Gasteiger partial charge in [0.25, 0.3) is 0 Å². The monoisotopic (exact) mass is 503 g/mol. The van der Waals surface area contributed by atoms with Gasteiger partial charge < -0.3 is 20.7 Å². The van der Waals surface area contributed by atoms with E-state index in [1.807, 2.05) is 13.0 Å². The molecule has 1 atom stereocenters. The summed E-state index contributed by atoms with van der Waals surface area (Å²) in [7, 11) is 0. The molecule has 1 aromatic carbocycles. The molecule has 36 heavy (non-hydrogen) atoms. The van der Waals surface area contributed by atoms with Gasteiger partial charge in [-0.05, 0) is 63.4 Å². The molecule has 196 valence electrons. The van der Waals surface area contributed by atoms with E-state index in [1.54, 1.807) is 23.2 Å². The number of carbonyl (C=O) groups excluding carboxylic acids is 2. The number of benzene rings is 1. The number of alkyl halides is 2. The maximum Gasteiger partial charge on any atom is 0.414 e. The van der Waals surface area contributed by atoms with Crippen molar-refractivity contribution in [1.82, 2.24) is 5.32 Å². The zero-order chi connectivity index (χ0) is 25.9. The molecular formula is C26H35F2N5O3. The molecule has 0 aromatic heterocycles. The molecule has 0 bridgehead atoms. The van der Waals surface area contributed by atoms with Gasteiger partial charge in [-0.1, -0.05) is 6.07 Å². The maximum absolute atomic E-state index is 13.6. The first-order valence-corrected chi connectivity index (χ1v) is 12.6. The number of amides is 2. The number of nitrogens with two attached hydrogens (primary N) is 1. The molecule has 2 aliphatic heterocycles. The Morgan fingerprint density at radius 2 is 1.86 bits per heavy atom. The SMILES string of the molecule is CC(=O)N1c2ccc(C(C=NC3CCNCC3)=CN)cc2N(C(=O)OC2CCC(F)(F)CC2)C[C@@H]1C. The highest BCUT2D eigenvalue weighted by atomic mass is 19.3. The van der Waals surface area contributed by atoms with Gasteiger partial charge >= 0.3 is 6.09 Å². The van der Waals surface area contributed by atoms with Crippen LogP contribution in [0.25, 0.3) is 5.57 Å². The molecule has 10 heteroatoms. The van der Waals surface area contributed by atoms with E-state index >= 15 is 0 Å². The lowest BCUT2D eigenvalue weighted by Crippen LogP contribution is -2.52. The zero-order valence-electron chi connectivity index (χ0n) is 20.9. The van der Waals surface area contributed by atoms with E-state index in [-0.39, 0.29) is 50.2 Å². The van der Waals surface area contributed by atoms with Crippen molar-refractivity contribution in [2.75, 3.05) is 29.4 Å². The molecule has 1 saturated carbocycles. The zero-order valence-corrected chi connectivity index (χ0v) is 20.9. The van der Waals surface area contributed by atoms with Crippen LogP contribution in [0.3, 0.4) is 0 Å². The van der Waals surface area contributed by atoms with E-state index in [0.717, 1.165) is 31.5 Å². The van der Waals surface area contributed by atoms with Gasteiger partial charge in [-0.3, -0.25) is 14.7 Å². The highest BCUT2D eigenvalue weighted by molar-refractivity contribution is 6.11. The average Bonchev–Trinajstić information content (AvgIpc) is 2.85. The second kappa shape index (κ2) is 10.9. The fourth-order valence-corrected chi connectivity index (χ4v) is 5.15. The Labute approximate surface area is 210 Å². The summed E-state index contributed by atoms with van der Waals surface area (Å²) in [6, 6.07) is 5.40. The minimum atomic E-state index is -2.70. The first kappa shape index (κ1) is 26.1. The molecule has 1 saturated heterocycles. The van der Waals surface area contributed by atoms with Crippen LogP contribution in [0.2, 0.25) is 0 Å². The van der Waals surface area contributed by atoms with E-state index in [4.69, 9.17) is 15.5 Å². The highest BCUT2D eigenvalue weighted by Gasteiger charge is 2.39. The Bertz CT molecular complexity index is 1030. The summed E-state index contributed by atoms with van der Waals surface area (Å²) in [5.41, 5.74) is 8.49. The number of hydrogen-bond donors (Lipinski definition) is 2. The number of aliphatic imine (C=N–C) groups is 1. The molecule has 4 rings (SSSR count). The number of allylic oxidation sites excluding steroid dienone is 1. The predicted molar refractivity (Wildman–Crippen MR) is 137 cm³/mol. The summed E-state index contributed by atoms with van der Waals surface area (Å²) in [6.07, 6.45) is 3.67. The standard InChI is InChI=1S/C26H35F2N5O3/c1-17-16-32(25(35)36-22-5-9-26(27,28)10-6-22)24-13-19(3-4-23(24)33(17)18(2)34)20(14-29)15-31-21-7-11-30-12-8-21/h3-4,13-15,17,21-22,30H,5-12,16,29H2,1-2H3/t17-/m0/s1. The van der Waals surface area contributed by atoms with Crippen molar-refractivity contribution in [3.8, 4) is 0 Å². The number of ether oxygens (including phenoxy) is 1. The molecule has 3 N–H and O–H groups in total. The third-order valence-electron chi connectivity index (χ3n) is 7.15.